The van der Waals surface area contributed by atoms with Crippen LogP contribution in [-0.2, 0) is 11.3 Å². The van der Waals surface area contributed by atoms with Gasteiger partial charge in [-0.1, -0.05) is 6.07 Å². The minimum Gasteiger partial charge on any atom is -0.376 e. The molecule has 0 radical (unpaired) electrons. The van der Waals surface area contributed by atoms with Gasteiger partial charge in [-0.05, 0) is 37.4 Å². The van der Waals surface area contributed by atoms with Crippen LogP contribution in [0.1, 0.15) is 28.8 Å². The van der Waals surface area contributed by atoms with E-state index < -0.39 is 11.7 Å². The summed E-state index contributed by atoms with van der Waals surface area (Å²) in [4.78, 5) is 10.9. The highest BCUT2D eigenvalue weighted by molar-refractivity contribution is 5.92. The second-order valence-electron chi connectivity index (χ2n) is 4.90. The monoisotopic (exact) mass is 266 g/mol. The summed E-state index contributed by atoms with van der Waals surface area (Å²) in [5, 5.41) is 3.31. The number of halogens is 1. The first-order valence-corrected chi connectivity index (χ1v) is 6.53. The number of nitrogens with one attached hydrogen (secondary N) is 1. The van der Waals surface area contributed by atoms with Gasteiger partial charge in [0.15, 0.2) is 0 Å². The number of amides is 1. The predicted octanol–water partition coefficient (Wildman–Crippen LogP) is 1.44. The average molecular weight is 266 g/mol. The summed E-state index contributed by atoms with van der Waals surface area (Å²) in [5.41, 5.74) is 5.72. The fourth-order valence-electron chi connectivity index (χ4n) is 2.22. The van der Waals surface area contributed by atoms with Crippen molar-refractivity contribution in [2.45, 2.75) is 19.4 Å². The maximum atomic E-state index is 13.7. The third kappa shape index (κ3) is 4.01. The Hall–Kier alpha value is -1.46. The third-order valence-electron chi connectivity index (χ3n) is 3.35. The van der Waals surface area contributed by atoms with Gasteiger partial charge in [0.1, 0.15) is 5.82 Å². The van der Waals surface area contributed by atoms with E-state index in [-0.39, 0.29) is 12.2 Å². The Kier molecular flexibility index (Phi) is 4.87. The Morgan fingerprint density at radius 2 is 2.37 bits per heavy atom. The molecule has 1 amide bonds. The van der Waals surface area contributed by atoms with E-state index in [9.17, 15) is 9.18 Å². The van der Waals surface area contributed by atoms with E-state index >= 15 is 0 Å². The number of hydrogen-bond donors (Lipinski definition) is 2. The normalized spacial score (nSPS) is 19.3. The smallest absolute Gasteiger partial charge is 0.248 e. The number of hydrogen-bond acceptors (Lipinski definition) is 3. The Bertz CT molecular complexity index is 445. The highest BCUT2D eigenvalue weighted by Gasteiger charge is 2.13. The van der Waals surface area contributed by atoms with Crippen LogP contribution in [0.4, 0.5) is 4.39 Å². The largest absolute Gasteiger partial charge is 0.376 e. The molecule has 1 aliphatic heterocycles. The molecule has 1 unspecified atom stereocenters. The first-order valence-electron chi connectivity index (χ1n) is 6.53. The molecule has 4 nitrogen and oxygen atoms in total. The summed E-state index contributed by atoms with van der Waals surface area (Å²) < 4.78 is 19.2. The molecule has 3 N–H and O–H groups in total. The lowest BCUT2D eigenvalue weighted by atomic mass is 10.0. The van der Waals surface area contributed by atoms with Crippen LogP contribution in [-0.4, -0.2) is 25.6 Å². The number of piperidine rings is 1. The molecule has 0 aliphatic carbocycles. The molecule has 5 heteroatoms. The Balaban J connectivity index is 1.83. The molecule has 2 rings (SSSR count). The van der Waals surface area contributed by atoms with Gasteiger partial charge < -0.3 is 15.8 Å². The van der Waals surface area contributed by atoms with Crippen LogP contribution in [0.2, 0.25) is 0 Å². The molecular formula is C14H19FN2O2. The topological polar surface area (TPSA) is 64.4 Å². The number of nitrogens with two attached hydrogens (primary N) is 1. The van der Waals surface area contributed by atoms with Gasteiger partial charge in [0.05, 0.1) is 13.2 Å². The van der Waals surface area contributed by atoms with Gasteiger partial charge in [0, 0.05) is 17.7 Å². The number of carbonyl (C=O) groups excluding carboxylic acids is 1. The van der Waals surface area contributed by atoms with Crippen molar-refractivity contribution in [3.63, 3.8) is 0 Å². The molecule has 1 aromatic carbocycles. The van der Waals surface area contributed by atoms with Crippen molar-refractivity contribution >= 4 is 5.91 Å². The summed E-state index contributed by atoms with van der Waals surface area (Å²) in [6, 6.07) is 4.23. The first-order chi connectivity index (χ1) is 9.16. The SMILES string of the molecule is NC(=O)c1ccc(COCC2CCCNC2)c(F)c1. The molecule has 1 saturated heterocycles. The van der Waals surface area contributed by atoms with Crippen LogP contribution in [0.25, 0.3) is 0 Å². The zero-order valence-electron chi connectivity index (χ0n) is 10.8. The van der Waals surface area contributed by atoms with Crippen LogP contribution in [0, 0.1) is 11.7 Å². The maximum Gasteiger partial charge on any atom is 0.248 e. The standard InChI is InChI=1S/C14H19FN2O2/c15-13-6-11(14(16)18)3-4-12(13)9-19-8-10-2-1-5-17-7-10/h3-4,6,10,17H,1-2,5,7-9H2,(H2,16,18). The summed E-state index contributed by atoms with van der Waals surface area (Å²) in [6.07, 6.45) is 2.31. The minimum absolute atomic E-state index is 0.178. The summed E-state index contributed by atoms with van der Waals surface area (Å²) in [7, 11) is 0. The van der Waals surface area contributed by atoms with E-state index in [1.165, 1.54) is 6.07 Å². The van der Waals surface area contributed by atoms with Crippen molar-refractivity contribution in [3.8, 4) is 0 Å². The Labute approximate surface area is 112 Å². The van der Waals surface area contributed by atoms with E-state index in [1.807, 2.05) is 0 Å². The number of primary amides is 1. The van der Waals surface area contributed by atoms with Gasteiger partial charge in [-0.25, -0.2) is 4.39 Å². The lowest BCUT2D eigenvalue weighted by Gasteiger charge is -2.22. The molecule has 1 fully saturated rings. The number of benzene rings is 1. The lowest BCUT2D eigenvalue weighted by Crippen LogP contribution is -2.32. The van der Waals surface area contributed by atoms with E-state index in [4.69, 9.17) is 10.5 Å². The molecule has 104 valence electrons. The number of ether oxygens (including phenoxy) is 1. The van der Waals surface area contributed by atoms with Gasteiger partial charge in [-0.2, -0.15) is 0 Å². The zero-order valence-corrected chi connectivity index (χ0v) is 10.8. The van der Waals surface area contributed by atoms with Crippen LogP contribution in [0.3, 0.4) is 0 Å². The lowest BCUT2D eigenvalue weighted by molar-refractivity contribution is 0.0765. The van der Waals surface area contributed by atoms with Crippen LogP contribution < -0.4 is 11.1 Å². The van der Waals surface area contributed by atoms with E-state index in [0.717, 1.165) is 32.0 Å². The van der Waals surface area contributed by atoms with Gasteiger partial charge in [-0.3, -0.25) is 4.79 Å². The van der Waals surface area contributed by atoms with Gasteiger partial charge in [-0.15, -0.1) is 0 Å². The fraction of sp³-hybridized carbons (Fsp3) is 0.500. The molecule has 0 aromatic heterocycles. The van der Waals surface area contributed by atoms with E-state index in [0.29, 0.717) is 18.1 Å². The van der Waals surface area contributed by atoms with E-state index in [1.54, 1.807) is 6.07 Å². The molecule has 1 atom stereocenters. The Morgan fingerprint density at radius 1 is 1.53 bits per heavy atom. The third-order valence-corrected chi connectivity index (χ3v) is 3.35. The summed E-state index contributed by atoms with van der Waals surface area (Å²) in [6.45, 7) is 2.88. The van der Waals surface area contributed by atoms with Crippen molar-refractivity contribution < 1.29 is 13.9 Å². The van der Waals surface area contributed by atoms with Crippen molar-refractivity contribution in [1.29, 1.82) is 0 Å². The van der Waals surface area contributed by atoms with Gasteiger partial charge in [0.2, 0.25) is 5.91 Å². The van der Waals surface area contributed by atoms with E-state index in [2.05, 4.69) is 5.32 Å². The number of rotatable bonds is 5. The highest BCUT2D eigenvalue weighted by Crippen LogP contribution is 2.14. The molecule has 1 heterocycles. The molecule has 19 heavy (non-hydrogen) atoms. The molecule has 0 bridgehead atoms. The molecule has 0 saturated carbocycles. The Morgan fingerprint density at radius 3 is 3.00 bits per heavy atom. The zero-order chi connectivity index (χ0) is 13.7. The summed E-state index contributed by atoms with van der Waals surface area (Å²) >= 11 is 0. The number of carbonyl (C=O) groups is 1. The maximum absolute atomic E-state index is 13.7. The molecule has 0 spiro atoms. The molecule has 1 aliphatic rings. The second kappa shape index (κ2) is 6.63. The van der Waals surface area contributed by atoms with Crippen LogP contribution in [0.5, 0.6) is 0 Å². The van der Waals surface area contributed by atoms with Crippen molar-refractivity contribution in [3.05, 3.63) is 35.1 Å². The minimum atomic E-state index is -0.625. The van der Waals surface area contributed by atoms with Gasteiger partial charge in [0.25, 0.3) is 0 Å². The predicted molar refractivity (Wildman–Crippen MR) is 70.2 cm³/mol. The highest BCUT2D eigenvalue weighted by atomic mass is 19.1. The molecule has 1 aromatic rings. The van der Waals surface area contributed by atoms with Crippen LogP contribution >= 0.6 is 0 Å². The fourth-order valence-corrected chi connectivity index (χ4v) is 2.22. The van der Waals surface area contributed by atoms with Crippen LogP contribution in [0.15, 0.2) is 18.2 Å². The molecular weight excluding hydrogens is 247 g/mol. The van der Waals surface area contributed by atoms with Crippen molar-refractivity contribution in [1.82, 2.24) is 5.32 Å². The van der Waals surface area contributed by atoms with Crippen molar-refractivity contribution in [2.24, 2.45) is 11.7 Å². The van der Waals surface area contributed by atoms with Crippen molar-refractivity contribution in [2.75, 3.05) is 19.7 Å². The average Bonchev–Trinajstić information content (AvgIpc) is 2.41. The second-order valence-corrected chi connectivity index (χ2v) is 4.90. The van der Waals surface area contributed by atoms with Gasteiger partial charge >= 0.3 is 0 Å². The quantitative estimate of drug-likeness (QED) is 0.847. The first kappa shape index (κ1) is 14.0. The summed E-state index contributed by atoms with van der Waals surface area (Å²) in [5.74, 6) is -0.570.